The molecule has 0 amide bonds. The SMILES string of the molecule is CC(F)(F)Oc1ccc(Cc2nc(=O)n(Cc3cccc(F)c3)s2)cc1. The third-order valence-corrected chi connectivity index (χ3v) is 4.39. The molecule has 0 aliphatic carbocycles. The van der Waals surface area contributed by atoms with Crippen LogP contribution in [0, 0.1) is 5.82 Å². The summed E-state index contributed by atoms with van der Waals surface area (Å²) >= 11 is 1.19. The van der Waals surface area contributed by atoms with Gasteiger partial charge in [-0.25, -0.2) is 13.1 Å². The van der Waals surface area contributed by atoms with Gasteiger partial charge in [-0.2, -0.15) is 13.8 Å². The molecule has 0 radical (unpaired) electrons. The minimum Gasteiger partial charge on any atom is -0.433 e. The highest BCUT2D eigenvalue weighted by molar-refractivity contribution is 7.06. The van der Waals surface area contributed by atoms with E-state index >= 15 is 0 Å². The van der Waals surface area contributed by atoms with Gasteiger partial charge in [0.05, 0.1) is 6.54 Å². The van der Waals surface area contributed by atoms with E-state index in [1.54, 1.807) is 24.3 Å². The highest BCUT2D eigenvalue weighted by Crippen LogP contribution is 2.22. The molecular weight excluding hydrogens is 365 g/mol. The molecule has 0 fully saturated rings. The van der Waals surface area contributed by atoms with Crippen LogP contribution in [0.3, 0.4) is 0 Å². The summed E-state index contributed by atoms with van der Waals surface area (Å²) in [7, 11) is 0. The van der Waals surface area contributed by atoms with Crippen molar-refractivity contribution in [3.63, 3.8) is 0 Å². The lowest BCUT2D eigenvalue weighted by Crippen LogP contribution is -2.18. The van der Waals surface area contributed by atoms with Crippen molar-refractivity contribution >= 4 is 11.5 Å². The van der Waals surface area contributed by atoms with E-state index in [0.717, 1.165) is 5.56 Å². The second-order valence-electron chi connectivity index (χ2n) is 5.78. The Balaban J connectivity index is 1.70. The van der Waals surface area contributed by atoms with Crippen molar-refractivity contribution in [3.05, 3.63) is 81.0 Å². The Hall–Kier alpha value is -2.61. The lowest BCUT2D eigenvalue weighted by atomic mass is 10.1. The number of hydrogen-bond acceptors (Lipinski definition) is 4. The predicted octanol–water partition coefficient (Wildman–Crippen LogP) is 4.07. The number of aromatic nitrogens is 2. The molecule has 26 heavy (non-hydrogen) atoms. The van der Waals surface area contributed by atoms with E-state index in [4.69, 9.17) is 0 Å². The molecule has 4 nitrogen and oxygen atoms in total. The average Bonchev–Trinajstić information content (AvgIpc) is 2.87. The Bertz CT molecular complexity index is 946. The summed E-state index contributed by atoms with van der Waals surface area (Å²) in [6, 6.07) is 12.2. The second-order valence-corrected chi connectivity index (χ2v) is 6.87. The fourth-order valence-corrected chi connectivity index (χ4v) is 3.32. The number of nitrogens with zero attached hydrogens (tertiary/aromatic N) is 2. The molecule has 0 unspecified atom stereocenters. The van der Waals surface area contributed by atoms with E-state index in [1.807, 2.05) is 0 Å². The number of rotatable bonds is 6. The first-order valence-electron chi connectivity index (χ1n) is 7.76. The minimum absolute atomic E-state index is 0.0612. The van der Waals surface area contributed by atoms with Crippen LogP contribution in [0.4, 0.5) is 13.2 Å². The molecule has 0 aliphatic rings. The van der Waals surface area contributed by atoms with Crippen LogP contribution in [-0.2, 0) is 13.0 Å². The van der Waals surface area contributed by atoms with Crippen LogP contribution >= 0.6 is 11.5 Å². The fraction of sp³-hybridized carbons (Fsp3) is 0.222. The Labute approximate surface area is 151 Å². The maximum Gasteiger partial charge on any atom is 0.394 e. The predicted molar refractivity (Wildman–Crippen MR) is 92.4 cm³/mol. The molecule has 3 aromatic rings. The van der Waals surface area contributed by atoms with Gasteiger partial charge >= 0.3 is 11.8 Å². The molecule has 0 N–H and O–H groups in total. The van der Waals surface area contributed by atoms with Gasteiger partial charge in [-0.15, -0.1) is 0 Å². The van der Waals surface area contributed by atoms with Crippen LogP contribution < -0.4 is 10.4 Å². The van der Waals surface area contributed by atoms with Crippen molar-refractivity contribution in [1.82, 2.24) is 8.94 Å². The van der Waals surface area contributed by atoms with Crippen molar-refractivity contribution in [2.75, 3.05) is 0 Å². The number of halogens is 3. The highest BCUT2D eigenvalue weighted by atomic mass is 32.1. The van der Waals surface area contributed by atoms with Gasteiger partial charge in [0.2, 0.25) is 0 Å². The van der Waals surface area contributed by atoms with E-state index in [9.17, 15) is 18.0 Å². The lowest BCUT2D eigenvalue weighted by molar-refractivity contribution is -0.158. The molecule has 0 saturated heterocycles. The summed E-state index contributed by atoms with van der Waals surface area (Å²) < 4.78 is 44.8. The van der Waals surface area contributed by atoms with Gasteiger partial charge in [0.15, 0.2) is 0 Å². The molecular formula is C18H15F3N2O2S. The lowest BCUT2D eigenvalue weighted by Gasteiger charge is -2.12. The van der Waals surface area contributed by atoms with E-state index in [2.05, 4.69) is 9.72 Å². The molecule has 8 heteroatoms. The number of ether oxygens (including phenoxy) is 1. The molecule has 2 aromatic carbocycles. The van der Waals surface area contributed by atoms with Gasteiger partial charge in [0.1, 0.15) is 16.6 Å². The van der Waals surface area contributed by atoms with Crippen molar-refractivity contribution in [2.45, 2.75) is 26.0 Å². The molecule has 0 atom stereocenters. The van der Waals surface area contributed by atoms with Crippen LogP contribution in [0.25, 0.3) is 0 Å². The molecule has 3 rings (SSSR count). The van der Waals surface area contributed by atoms with Crippen molar-refractivity contribution < 1.29 is 17.9 Å². The summed E-state index contributed by atoms with van der Waals surface area (Å²) in [6.45, 7) is 0.913. The van der Waals surface area contributed by atoms with Crippen LogP contribution in [0.5, 0.6) is 5.75 Å². The standard InChI is InChI=1S/C18H15F3N2O2S/c1-18(20,21)25-15-7-5-12(6-8-15)10-16-22-17(24)23(26-16)11-13-3-2-4-14(19)9-13/h2-9H,10-11H2,1H3. The summed E-state index contributed by atoms with van der Waals surface area (Å²) in [5.74, 6) is -0.300. The maximum absolute atomic E-state index is 13.2. The smallest absolute Gasteiger partial charge is 0.394 e. The summed E-state index contributed by atoms with van der Waals surface area (Å²) in [5, 5.41) is 0.584. The Morgan fingerprint density at radius 1 is 1.15 bits per heavy atom. The van der Waals surface area contributed by atoms with Crippen LogP contribution in [0.2, 0.25) is 0 Å². The normalized spacial score (nSPS) is 11.5. The molecule has 0 saturated carbocycles. The molecule has 0 spiro atoms. The minimum atomic E-state index is -3.24. The van der Waals surface area contributed by atoms with Gasteiger partial charge in [-0.3, -0.25) is 0 Å². The Morgan fingerprint density at radius 3 is 2.54 bits per heavy atom. The average molecular weight is 380 g/mol. The van der Waals surface area contributed by atoms with E-state index < -0.39 is 11.8 Å². The Kier molecular flexibility index (Phi) is 5.13. The monoisotopic (exact) mass is 380 g/mol. The largest absolute Gasteiger partial charge is 0.433 e. The first-order valence-corrected chi connectivity index (χ1v) is 8.53. The van der Waals surface area contributed by atoms with Crippen LogP contribution in [-0.4, -0.2) is 15.0 Å². The molecule has 0 bridgehead atoms. The molecule has 1 heterocycles. The zero-order valence-electron chi connectivity index (χ0n) is 13.8. The molecule has 136 valence electrons. The van der Waals surface area contributed by atoms with Crippen LogP contribution in [0.1, 0.15) is 23.1 Å². The number of alkyl halides is 2. The van der Waals surface area contributed by atoms with Gasteiger partial charge in [-0.1, -0.05) is 24.3 Å². The van der Waals surface area contributed by atoms with E-state index in [0.29, 0.717) is 23.9 Å². The third kappa shape index (κ3) is 4.95. The first-order chi connectivity index (χ1) is 12.3. The van der Waals surface area contributed by atoms with Gasteiger partial charge in [0, 0.05) is 13.3 Å². The van der Waals surface area contributed by atoms with E-state index in [-0.39, 0.29) is 18.1 Å². The topological polar surface area (TPSA) is 44.1 Å². The summed E-state index contributed by atoms with van der Waals surface area (Å²) in [5.41, 5.74) is 1.08. The highest BCUT2D eigenvalue weighted by Gasteiger charge is 2.22. The fourth-order valence-electron chi connectivity index (χ4n) is 2.38. The first kappa shape index (κ1) is 18.2. The van der Waals surface area contributed by atoms with Crippen molar-refractivity contribution in [2.24, 2.45) is 0 Å². The Morgan fingerprint density at radius 2 is 1.88 bits per heavy atom. The number of hydrogen-bond donors (Lipinski definition) is 0. The van der Waals surface area contributed by atoms with Gasteiger partial charge < -0.3 is 4.74 Å². The molecule has 1 aromatic heterocycles. The van der Waals surface area contributed by atoms with Gasteiger partial charge in [0.25, 0.3) is 0 Å². The molecule has 0 aliphatic heterocycles. The quantitative estimate of drug-likeness (QED) is 0.647. The number of benzene rings is 2. The van der Waals surface area contributed by atoms with Crippen molar-refractivity contribution in [3.8, 4) is 5.75 Å². The summed E-state index contributed by atoms with van der Waals surface area (Å²) in [4.78, 5) is 16.0. The second kappa shape index (κ2) is 7.33. The summed E-state index contributed by atoms with van der Waals surface area (Å²) in [6.07, 6.45) is -2.85. The zero-order chi connectivity index (χ0) is 18.7. The maximum atomic E-state index is 13.2. The van der Waals surface area contributed by atoms with Crippen molar-refractivity contribution in [1.29, 1.82) is 0 Å². The van der Waals surface area contributed by atoms with Gasteiger partial charge in [-0.05, 0) is 46.9 Å². The van der Waals surface area contributed by atoms with Crippen LogP contribution in [0.15, 0.2) is 53.3 Å². The third-order valence-electron chi connectivity index (χ3n) is 3.44. The zero-order valence-corrected chi connectivity index (χ0v) is 14.6. The van der Waals surface area contributed by atoms with E-state index in [1.165, 1.54) is 39.8 Å².